The van der Waals surface area contributed by atoms with Crippen molar-refractivity contribution in [2.45, 2.75) is 32.8 Å². The second kappa shape index (κ2) is 6.42. The van der Waals surface area contributed by atoms with Crippen molar-refractivity contribution in [2.24, 2.45) is 0 Å². The Morgan fingerprint density at radius 1 is 1.00 bits per heavy atom. The fourth-order valence-corrected chi connectivity index (χ4v) is 2.24. The van der Waals surface area contributed by atoms with E-state index >= 15 is 0 Å². The predicted molar refractivity (Wildman–Crippen MR) is 85.1 cm³/mol. The van der Waals surface area contributed by atoms with Crippen molar-refractivity contribution in [3.8, 4) is 5.75 Å². The molecule has 0 N–H and O–H groups in total. The normalized spacial score (nSPS) is 11.8. The number of hydrogen-bond acceptors (Lipinski definition) is 1. The molecule has 0 saturated carbocycles. The van der Waals surface area contributed by atoms with E-state index in [1.807, 2.05) is 24.3 Å². The summed E-state index contributed by atoms with van der Waals surface area (Å²) in [6.45, 7) is 7.08. The quantitative estimate of drug-likeness (QED) is 0.682. The van der Waals surface area contributed by atoms with Crippen molar-refractivity contribution in [1.82, 2.24) is 0 Å². The molecule has 0 amide bonds. The van der Waals surface area contributed by atoms with E-state index in [1.165, 1.54) is 11.1 Å². The molecule has 0 aliphatic heterocycles. The van der Waals surface area contributed by atoms with Gasteiger partial charge in [-0.05, 0) is 30.2 Å². The summed E-state index contributed by atoms with van der Waals surface area (Å²) in [5, 5.41) is 0. The smallest absolute Gasteiger partial charge is 0.120 e. The van der Waals surface area contributed by atoms with Crippen LogP contribution < -0.4 is 4.74 Å². The Balaban J connectivity index is 2.10. The lowest BCUT2D eigenvalue weighted by atomic mass is 9.84. The van der Waals surface area contributed by atoms with E-state index in [9.17, 15) is 0 Å². The van der Waals surface area contributed by atoms with Gasteiger partial charge in [-0.2, -0.15) is 0 Å². The first-order chi connectivity index (χ1) is 9.62. The molecule has 0 bridgehead atoms. The van der Waals surface area contributed by atoms with Crippen LogP contribution in [-0.2, 0) is 12.0 Å². The molecule has 0 spiro atoms. The standard InChI is InChI=1S/C19H22O/c1-4-13-19(2,3)17-11-8-12-18(14-17)20-15-16-9-6-5-7-10-16/h4-14H,15H2,1-3H3/b13-4+. The summed E-state index contributed by atoms with van der Waals surface area (Å²) < 4.78 is 5.88. The van der Waals surface area contributed by atoms with Crippen molar-refractivity contribution in [3.05, 3.63) is 77.9 Å². The zero-order valence-electron chi connectivity index (χ0n) is 12.5. The van der Waals surface area contributed by atoms with Crippen molar-refractivity contribution < 1.29 is 4.74 Å². The van der Waals surface area contributed by atoms with Gasteiger partial charge in [-0.25, -0.2) is 0 Å². The lowest BCUT2D eigenvalue weighted by Gasteiger charge is -2.21. The highest BCUT2D eigenvalue weighted by Gasteiger charge is 2.16. The summed E-state index contributed by atoms with van der Waals surface area (Å²) in [7, 11) is 0. The van der Waals surface area contributed by atoms with E-state index in [0.29, 0.717) is 6.61 Å². The number of rotatable bonds is 5. The van der Waals surface area contributed by atoms with Crippen LogP contribution in [0.5, 0.6) is 5.75 Å². The van der Waals surface area contributed by atoms with Gasteiger partial charge in [0.05, 0.1) is 0 Å². The van der Waals surface area contributed by atoms with E-state index in [0.717, 1.165) is 5.75 Å². The number of benzene rings is 2. The van der Waals surface area contributed by atoms with Crippen LogP contribution in [0.1, 0.15) is 31.9 Å². The van der Waals surface area contributed by atoms with Crippen molar-refractivity contribution in [3.63, 3.8) is 0 Å². The van der Waals surface area contributed by atoms with E-state index in [2.05, 4.69) is 63.3 Å². The highest BCUT2D eigenvalue weighted by Crippen LogP contribution is 2.28. The monoisotopic (exact) mass is 266 g/mol. The third kappa shape index (κ3) is 3.74. The molecule has 0 unspecified atom stereocenters. The van der Waals surface area contributed by atoms with Crippen LogP contribution >= 0.6 is 0 Å². The zero-order chi connectivity index (χ0) is 14.4. The minimum absolute atomic E-state index is 0.0286. The molecular weight excluding hydrogens is 244 g/mol. The molecule has 2 aromatic rings. The minimum atomic E-state index is 0.0286. The Morgan fingerprint density at radius 2 is 1.75 bits per heavy atom. The number of allylic oxidation sites excluding steroid dienone is 2. The average Bonchev–Trinajstić information content (AvgIpc) is 2.46. The highest BCUT2D eigenvalue weighted by molar-refractivity contribution is 5.36. The summed E-state index contributed by atoms with van der Waals surface area (Å²) in [6.07, 6.45) is 4.31. The summed E-state index contributed by atoms with van der Waals surface area (Å²) in [5.41, 5.74) is 2.48. The van der Waals surface area contributed by atoms with Gasteiger partial charge in [-0.1, -0.05) is 68.5 Å². The topological polar surface area (TPSA) is 9.23 Å². The summed E-state index contributed by atoms with van der Waals surface area (Å²) >= 11 is 0. The predicted octanol–water partition coefficient (Wildman–Crippen LogP) is 5.12. The van der Waals surface area contributed by atoms with Gasteiger partial charge in [0.15, 0.2) is 0 Å². The molecular formula is C19H22O. The van der Waals surface area contributed by atoms with E-state index in [-0.39, 0.29) is 5.41 Å². The van der Waals surface area contributed by atoms with Gasteiger partial charge >= 0.3 is 0 Å². The van der Waals surface area contributed by atoms with Crippen LogP contribution in [0.4, 0.5) is 0 Å². The van der Waals surface area contributed by atoms with Gasteiger partial charge in [-0.15, -0.1) is 0 Å². The van der Waals surface area contributed by atoms with Crippen LogP contribution in [0.2, 0.25) is 0 Å². The molecule has 20 heavy (non-hydrogen) atoms. The van der Waals surface area contributed by atoms with Gasteiger partial charge in [0.2, 0.25) is 0 Å². The third-order valence-electron chi connectivity index (χ3n) is 3.41. The second-order valence-electron chi connectivity index (χ2n) is 5.52. The Labute approximate surface area is 121 Å². The SMILES string of the molecule is C/C=C/C(C)(C)c1cccc(OCc2ccccc2)c1. The van der Waals surface area contributed by atoms with Crippen LogP contribution in [0.15, 0.2) is 66.7 Å². The minimum Gasteiger partial charge on any atom is -0.489 e. The molecule has 0 heterocycles. The molecule has 2 aromatic carbocycles. The van der Waals surface area contributed by atoms with Gasteiger partial charge in [0, 0.05) is 5.41 Å². The summed E-state index contributed by atoms with van der Waals surface area (Å²) in [4.78, 5) is 0. The fourth-order valence-electron chi connectivity index (χ4n) is 2.24. The third-order valence-corrected chi connectivity index (χ3v) is 3.41. The first kappa shape index (κ1) is 14.4. The Hall–Kier alpha value is -2.02. The molecule has 1 nitrogen and oxygen atoms in total. The Bertz CT molecular complexity index is 567. The maximum Gasteiger partial charge on any atom is 0.120 e. The maximum absolute atomic E-state index is 5.88. The molecule has 0 aliphatic rings. The molecule has 1 heteroatoms. The number of hydrogen-bond donors (Lipinski definition) is 0. The van der Waals surface area contributed by atoms with Gasteiger partial charge in [0.25, 0.3) is 0 Å². The lowest BCUT2D eigenvalue weighted by molar-refractivity contribution is 0.305. The summed E-state index contributed by atoms with van der Waals surface area (Å²) in [6, 6.07) is 18.6. The molecule has 0 saturated heterocycles. The van der Waals surface area contributed by atoms with Gasteiger partial charge in [0.1, 0.15) is 12.4 Å². The molecule has 0 atom stereocenters. The van der Waals surface area contributed by atoms with Crippen molar-refractivity contribution in [1.29, 1.82) is 0 Å². The van der Waals surface area contributed by atoms with Crippen LogP contribution in [0, 0.1) is 0 Å². The first-order valence-electron chi connectivity index (χ1n) is 7.03. The molecule has 0 fully saturated rings. The van der Waals surface area contributed by atoms with Crippen LogP contribution in [-0.4, -0.2) is 0 Å². The molecule has 0 radical (unpaired) electrons. The molecule has 0 aromatic heterocycles. The summed E-state index contributed by atoms with van der Waals surface area (Å²) in [5.74, 6) is 0.920. The largest absolute Gasteiger partial charge is 0.489 e. The van der Waals surface area contributed by atoms with Gasteiger partial charge < -0.3 is 4.74 Å². The Kier molecular flexibility index (Phi) is 4.62. The zero-order valence-corrected chi connectivity index (χ0v) is 12.5. The lowest BCUT2D eigenvalue weighted by Crippen LogP contribution is -2.13. The van der Waals surface area contributed by atoms with E-state index < -0.39 is 0 Å². The van der Waals surface area contributed by atoms with Crippen molar-refractivity contribution >= 4 is 0 Å². The Morgan fingerprint density at radius 3 is 2.45 bits per heavy atom. The molecule has 104 valence electrons. The van der Waals surface area contributed by atoms with Crippen molar-refractivity contribution in [2.75, 3.05) is 0 Å². The fraction of sp³-hybridized carbons (Fsp3) is 0.263. The highest BCUT2D eigenvalue weighted by atomic mass is 16.5. The second-order valence-corrected chi connectivity index (χ2v) is 5.52. The molecule has 0 aliphatic carbocycles. The first-order valence-corrected chi connectivity index (χ1v) is 7.03. The number of ether oxygens (including phenoxy) is 1. The van der Waals surface area contributed by atoms with Crippen LogP contribution in [0.3, 0.4) is 0 Å². The van der Waals surface area contributed by atoms with E-state index in [1.54, 1.807) is 0 Å². The van der Waals surface area contributed by atoms with Gasteiger partial charge in [-0.3, -0.25) is 0 Å². The van der Waals surface area contributed by atoms with E-state index in [4.69, 9.17) is 4.74 Å². The van der Waals surface area contributed by atoms with Crippen LogP contribution in [0.25, 0.3) is 0 Å². The average molecular weight is 266 g/mol. The molecule has 2 rings (SSSR count). The maximum atomic E-state index is 5.88.